The molecule has 4 fully saturated rings. The van der Waals surface area contributed by atoms with Crippen molar-refractivity contribution in [3.8, 4) is 11.5 Å². The van der Waals surface area contributed by atoms with Gasteiger partial charge in [0.05, 0.1) is 5.41 Å². The molecule has 2 aromatic rings. The lowest BCUT2D eigenvalue weighted by Crippen LogP contribution is -2.42. The van der Waals surface area contributed by atoms with Crippen molar-refractivity contribution in [3.05, 3.63) is 54.4 Å². The van der Waals surface area contributed by atoms with E-state index in [-0.39, 0.29) is 24.0 Å². The summed E-state index contributed by atoms with van der Waals surface area (Å²) in [4.78, 5) is 16.6. The second kappa shape index (κ2) is 5.75. The summed E-state index contributed by atoms with van der Waals surface area (Å²) in [6, 6.07) is 10.0. The number of carbonyl (C=O) groups is 1. The van der Waals surface area contributed by atoms with Crippen LogP contribution in [0.5, 0.6) is 11.5 Å². The zero-order chi connectivity index (χ0) is 18.6. The van der Waals surface area contributed by atoms with E-state index in [1.54, 1.807) is 48.8 Å². The molecule has 4 aliphatic carbocycles. The second-order valence-corrected chi connectivity index (χ2v) is 7.74. The van der Waals surface area contributed by atoms with Crippen molar-refractivity contribution in [2.45, 2.75) is 25.2 Å². The van der Waals surface area contributed by atoms with E-state index >= 15 is 0 Å². The molecular weight excluding hydrogens is 352 g/mol. The van der Waals surface area contributed by atoms with Crippen LogP contribution in [0.3, 0.4) is 0 Å². The van der Waals surface area contributed by atoms with Crippen LogP contribution in [0.2, 0.25) is 0 Å². The molecule has 0 N–H and O–H groups in total. The predicted molar refractivity (Wildman–Crippen MR) is 92.7 cm³/mol. The van der Waals surface area contributed by atoms with Crippen LogP contribution >= 0.6 is 0 Å². The summed E-state index contributed by atoms with van der Waals surface area (Å²) in [5.41, 5.74) is -0.902. The van der Waals surface area contributed by atoms with E-state index in [9.17, 15) is 13.6 Å². The first kappa shape index (κ1) is 16.7. The van der Waals surface area contributed by atoms with E-state index < -0.39 is 23.2 Å². The highest BCUT2D eigenvalue weighted by molar-refractivity contribution is 5.92. The van der Waals surface area contributed by atoms with Crippen LogP contribution in [0.15, 0.2) is 48.8 Å². The van der Waals surface area contributed by atoms with E-state index in [1.807, 2.05) is 0 Å². The molecule has 4 aliphatic rings. The van der Waals surface area contributed by atoms with Crippen molar-refractivity contribution >= 4 is 5.97 Å². The topological polar surface area (TPSA) is 48.4 Å². The molecule has 4 unspecified atom stereocenters. The van der Waals surface area contributed by atoms with Gasteiger partial charge in [0.15, 0.2) is 0 Å². The number of rotatable bonds is 5. The summed E-state index contributed by atoms with van der Waals surface area (Å²) < 4.78 is 40.6. The Bertz CT molecular complexity index is 882. The number of esters is 1. The number of aromatic nitrogens is 1. The molecule has 0 spiro atoms. The molecule has 0 saturated heterocycles. The first-order valence-electron chi connectivity index (χ1n) is 9.26. The maximum absolute atomic E-state index is 14.7. The number of hydrogen-bond acceptors (Lipinski definition) is 4. The minimum atomic E-state index is -2.73. The highest BCUT2D eigenvalue weighted by atomic mass is 19.3. The van der Waals surface area contributed by atoms with Crippen molar-refractivity contribution < 1.29 is 23.0 Å². The molecule has 1 heterocycles. The van der Waals surface area contributed by atoms with Crippen LogP contribution in [-0.4, -0.2) is 23.5 Å². The van der Waals surface area contributed by atoms with Gasteiger partial charge in [-0.3, -0.25) is 4.98 Å². The monoisotopic (exact) mass is 371 g/mol. The number of halogens is 2. The molecular formula is C21H19F2NO3. The number of nitrogens with zero attached hydrogens (tertiary/aromatic N) is 1. The van der Waals surface area contributed by atoms with Gasteiger partial charge in [0.2, 0.25) is 0 Å². The molecule has 1 aromatic carbocycles. The average Bonchev–Trinajstić information content (AvgIpc) is 3.31. The van der Waals surface area contributed by atoms with Crippen molar-refractivity contribution in [2.75, 3.05) is 6.61 Å². The Hall–Kier alpha value is -2.50. The molecule has 140 valence electrons. The average molecular weight is 371 g/mol. The number of carbonyl (C=O) groups excluding carboxylic acids is 1. The fourth-order valence-corrected chi connectivity index (χ4v) is 5.28. The van der Waals surface area contributed by atoms with Gasteiger partial charge in [-0.15, -0.1) is 0 Å². The zero-order valence-corrected chi connectivity index (χ0v) is 14.6. The van der Waals surface area contributed by atoms with Gasteiger partial charge in [0.25, 0.3) is 5.92 Å². The molecule has 6 heteroatoms. The first-order chi connectivity index (χ1) is 13.0. The minimum Gasteiger partial charge on any atom is -0.461 e. The number of benzene rings is 1. The van der Waals surface area contributed by atoms with E-state index in [0.29, 0.717) is 24.3 Å². The van der Waals surface area contributed by atoms with E-state index in [0.717, 1.165) is 6.42 Å². The Morgan fingerprint density at radius 2 is 1.89 bits per heavy atom. The van der Waals surface area contributed by atoms with E-state index in [1.165, 1.54) is 0 Å². The number of para-hydroxylation sites is 1. The second-order valence-electron chi connectivity index (χ2n) is 7.74. The smallest absolute Gasteiger partial charge is 0.341 e. The highest BCUT2D eigenvalue weighted by Crippen LogP contribution is 2.81. The molecule has 0 amide bonds. The number of fused-ring (bicyclic) bond motifs is 1. The van der Waals surface area contributed by atoms with Gasteiger partial charge in [-0.2, -0.15) is 0 Å². The summed E-state index contributed by atoms with van der Waals surface area (Å²) >= 11 is 0. The van der Waals surface area contributed by atoms with Crippen molar-refractivity contribution in [1.82, 2.24) is 4.98 Å². The van der Waals surface area contributed by atoms with Gasteiger partial charge in [-0.1, -0.05) is 12.1 Å². The normalized spacial score (nSPS) is 32.0. The molecule has 6 rings (SSSR count). The van der Waals surface area contributed by atoms with Crippen LogP contribution in [-0.2, 0) is 4.74 Å². The Kier molecular flexibility index (Phi) is 3.55. The molecule has 0 radical (unpaired) electrons. The fourth-order valence-electron chi connectivity index (χ4n) is 5.28. The van der Waals surface area contributed by atoms with Crippen LogP contribution < -0.4 is 4.74 Å². The van der Waals surface area contributed by atoms with Crippen molar-refractivity contribution in [3.63, 3.8) is 0 Å². The maximum Gasteiger partial charge on any atom is 0.341 e. The van der Waals surface area contributed by atoms with Crippen LogP contribution in [0, 0.1) is 23.2 Å². The summed E-state index contributed by atoms with van der Waals surface area (Å²) in [6.45, 7) is -0.214. The minimum absolute atomic E-state index is 0.00219. The largest absolute Gasteiger partial charge is 0.461 e. The van der Waals surface area contributed by atoms with Crippen LogP contribution in [0.1, 0.15) is 29.6 Å². The summed E-state index contributed by atoms with van der Waals surface area (Å²) in [5, 5.41) is 0. The molecule has 4 bridgehead atoms. The molecule has 27 heavy (non-hydrogen) atoms. The lowest BCUT2D eigenvalue weighted by atomic mass is 9.78. The zero-order valence-electron chi connectivity index (χ0n) is 14.6. The SMILES string of the molecule is O=C(OCC12C3CCC(CC31)C2(F)F)c1ccccc1Oc1ccncc1. The molecule has 0 aliphatic heterocycles. The third-order valence-electron chi connectivity index (χ3n) is 6.62. The van der Waals surface area contributed by atoms with Gasteiger partial charge >= 0.3 is 5.97 Å². The third-order valence-corrected chi connectivity index (χ3v) is 6.62. The third kappa shape index (κ3) is 2.32. The number of ether oxygens (including phenoxy) is 2. The standard InChI is InChI=1S/C21H19F2NO3/c22-21(23)13-5-6-16-17(11-13)20(16,21)12-26-19(25)15-3-1-2-4-18(15)27-14-7-9-24-10-8-14/h1-4,7-10,13,16-17H,5-6,11-12H2. The summed E-state index contributed by atoms with van der Waals surface area (Å²) in [5.74, 6) is -3.04. The van der Waals surface area contributed by atoms with Gasteiger partial charge in [0, 0.05) is 18.3 Å². The van der Waals surface area contributed by atoms with Crippen molar-refractivity contribution in [2.24, 2.45) is 23.2 Å². The van der Waals surface area contributed by atoms with E-state index in [2.05, 4.69) is 4.98 Å². The summed E-state index contributed by atoms with van der Waals surface area (Å²) in [7, 11) is 0. The lowest BCUT2D eigenvalue weighted by Gasteiger charge is -2.35. The highest BCUT2D eigenvalue weighted by Gasteiger charge is 2.85. The summed E-state index contributed by atoms with van der Waals surface area (Å²) in [6.07, 6.45) is 5.15. The predicted octanol–water partition coefficient (Wildman–Crippen LogP) is 4.71. The molecule has 4 nitrogen and oxygen atoms in total. The fraction of sp³-hybridized carbons (Fsp3) is 0.429. The van der Waals surface area contributed by atoms with Gasteiger partial charge in [0.1, 0.15) is 23.7 Å². The number of hydrogen-bond donors (Lipinski definition) is 0. The molecule has 4 atom stereocenters. The Morgan fingerprint density at radius 3 is 2.59 bits per heavy atom. The van der Waals surface area contributed by atoms with Gasteiger partial charge in [-0.25, -0.2) is 13.6 Å². The molecule has 1 aromatic heterocycles. The van der Waals surface area contributed by atoms with Crippen molar-refractivity contribution in [1.29, 1.82) is 0 Å². The Balaban J connectivity index is 1.33. The Morgan fingerprint density at radius 1 is 1.11 bits per heavy atom. The lowest BCUT2D eigenvalue weighted by molar-refractivity contribution is -0.142. The first-order valence-corrected chi connectivity index (χ1v) is 9.26. The number of alkyl halides is 2. The van der Waals surface area contributed by atoms with Crippen LogP contribution in [0.25, 0.3) is 0 Å². The van der Waals surface area contributed by atoms with Gasteiger partial charge in [-0.05, 0) is 55.4 Å². The molecule has 4 saturated carbocycles. The number of pyridine rings is 1. The Labute approximate surface area is 155 Å². The maximum atomic E-state index is 14.7. The van der Waals surface area contributed by atoms with Crippen LogP contribution in [0.4, 0.5) is 8.78 Å². The quantitative estimate of drug-likeness (QED) is 0.714. The van der Waals surface area contributed by atoms with E-state index in [4.69, 9.17) is 9.47 Å². The van der Waals surface area contributed by atoms with Gasteiger partial charge < -0.3 is 9.47 Å².